The Morgan fingerprint density at radius 3 is 2.12 bits per heavy atom. The Morgan fingerprint density at radius 1 is 0.808 bits per heavy atom. The summed E-state index contributed by atoms with van der Waals surface area (Å²) in [6.07, 6.45) is 1.52. The summed E-state index contributed by atoms with van der Waals surface area (Å²) in [5, 5.41) is 6.64. The molecular weight excluding hydrogens is 322 g/mol. The van der Waals surface area contributed by atoms with Gasteiger partial charge in [-0.3, -0.25) is 0 Å². The average molecular weight is 347 g/mol. The van der Waals surface area contributed by atoms with Gasteiger partial charge in [0, 0.05) is 5.69 Å². The second kappa shape index (κ2) is 7.87. The van der Waals surface area contributed by atoms with Gasteiger partial charge in [-0.05, 0) is 36.1 Å². The molecule has 0 aliphatic rings. The zero-order valence-corrected chi connectivity index (χ0v) is 15.4. The van der Waals surface area contributed by atoms with Gasteiger partial charge in [0.1, 0.15) is 12.0 Å². The number of rotatable bonds is 6. The van der Waals surface area contributed by atoms with Crippen LogP contribution < -0.4 is 16.4 Å². The van der Waals surface area contributed by atoms with Crippen molar-refractivity contribution in [2.75, 3.05) is 16.4 Å². The van der Waals surface area contributed by atoms with Crippen molar-refractivity contribution in [2.24, 2.45) is 0 Å². The molecule has 1 heterocycles. The molecule has 5 heteroatoms. The van der Waals surface area contributed by atoms with Gasteiger partial charge in [-0.1, -0.05) is 56.3 Å². The van der Waals surface area contributed by atoms with Crippen LogP contribution in [0.2, 0.25) is 0 Å². The van der Waals surface area contributed by atoms with Gasteiger partial charge >= 0.3 is 0 Å². The number of nitrogen functional groups attached to an aromatic ring is 1. The summed E-state index contributed by atoms with van der Waals surface area (Å²) in [5.74, 6) is 1.72. The van der Waals surface area contributed by atoms with E-state index in [0.717, 1.165) is 5.69 Å². The fourth-order valence-corrected chi connectivity index (χ4v) is 2.73. The minimum absolute atomic E-state index is 0.0894. The number of nitrogens with two attached hydrogens (primary N) is 1. The van der Waals surface area contributed by atoms with Gasteiger partial charge in [0.2, 0.25) is 0 Å². The summed E-state index contributed by atoms with van der Waals surface area (Å²) >= 11 is 0. The predicted octanol–water partition coefficient (Wildman–Crippen LogP) is 5.10. The zero-order chi connectivity index (χ0) is 18.5. The standard InChI is InChI=1S/C21H25N5/c1-14(2)16-9-11-18(12-10-16)26-21-19(22)20(23-13-24-21)25-15(3)17-7-5-4-6-8-17/h4-15H,22H2,1-3H3,(H2,23,24,25,26). The van der Waals surface area contributed by atoms with E-state index in [-0.39, 0.29) is 6.04 Å². The fourth-order valence-electron chi connectivity index (χ4n) is 2.73. The molecule has 1 unspecified atom stereocenters. The summed E-state index contributed by atoms with van der Waals surface area (Å²) in [5.41, 5.74) is 10.2. The van der Waals surface area contributed by atoms with Crippen molar-refractivity contribution in [1.82, 2.24) is 9.97 Å². The topological polar surface area (TPSA) is 75.9 Å². The Hall–Kier alpha value is -3.08. The van der Waals surface area contributed by atoms with Crippen molar-refractivity contribution < 1.29 is 0 Å². The summed E-state index contributed by atoms with van der Waals surface area (Å²) < 4.78 is 0. The second-order valence-electron chi connectivity index (χ2n) is 6.66. The SMILES string of the molecule is CC(C)c1ccc(Nc2ncnc(NC(C)c3ccccc3)c2N)cc1. The average Bonchev–Trinajstić information content (AvgIpc) is 2.66. The van der Waals surface area contributed by atoms with Crippen molar-refractivity contribution in [2.45, 2.75) is 32.7 Å². The van der Waals surface area contributed by atoms with Crippen LogP contribution in [0.1, 0.15) is 43.9 Å². The summed E-state index contributed by atoms with van der Waals surface area (Å²) in [7, 11) is 0. The van der Waals surface area contributed by atoms with Crippen LogP contribution in [0.25, 0.3) is 0 Å². The van der Waals surface area contributed by atoms with Crippen LogP contribution >= 0.6 is 0 Å². The van der Waals surface area contributed by atoms with E-state index in [2.05, 4.69) is 65.6 Å². The van der Waals surface area contributed by atoms with Crippen molar-refractivity contribution >= 4 is 23.0 Å². The normalized spacial score (nSPS) is 12.0. The highest BCUT2D eigenvalue weighted by Gasteiger charge is 2.12. The van der Waals surface area contributed by atoms with E-state index in [9.17, 15) is 0 Å². The minimum Gasteiger partial charge on any atom is -0.393 e. The first-order valence-corrected chi connectivity index (χ1v) is 8.83. The first-order valence-electron chi connectivity index (χ1n) is 8.83. The molecule has 0 amide bonds. The second-order valence-corrected chi connectivity index (χ2v) is 6.66. The summed E-state index contributed by atoms with van der Waals surface area (Å²) in [6.45, 7) is 6.43. The Balaban J connectivity index is 1.76. The molecule has 1 aromatic heterocycles. The zero-order valence-electron chi connectivity index (χ0n) is 15.4. The quantitative estimate of drug-likeness (QED) is 0.578. The number of anilines is 4. The maximum atomic E-state index is 6.29. The molecule has 0 aliphatic heterocycles. The lowest BCUT2D eigenvalue weighted by Crippen LogP contribution is -2.11. The Morgan fingerprint density at radius 2 is 1.46 bits per heavy atom. The molecule has 0 saturated heterocycles. The van der Waals surface area contributed by atoms with E-state index >= 15 is 0 Å². The molecule has 0 bridgehead atoms. The third-order valence-electron chi connectivity index (χ3n) is 4.38. The fraction of sp³-hybridized carbons (Fsp3) is 0.238. The lowest BCUT2D eigenvalue weighted by Gasteiger charge is -2.17. The maximum Gasteiger partial charge on any atom is 0.159 e. The Labute approximate surface area is 154 Å². The van der Waals surface area contributed by atoms with Crippen LogP contribution in [0.3, 0.4) is 0 Å². The number of hydrogen-bond acceptors (Lipinski definition) is 5. The molecule has 1 atom stereocenters. The largest absolute Gasteiger partial charge is 0.393 e. The van der Waals surface area contributed by atoms with Crippen molar-refractivity contribution in [3.63, 3.8) is 0 Å². The molecule has 4 N–H and O–H groups in total. The van der Waals surface area contributed by atoms with Crippen LogP contribution in [0.5, 0.6) is 0 Å². The third kappa shape index (κ3) is 4.11. The smallest absolute Gasteiger partial charge is 0.159 e. The van der Waals surface area contributed by atoms with E-state index in [4.69, 9.17) is 5.73 Å². The molecule has 3 rings (SSSR count). The predicted molar refractivity (Wildman–Crippen MR) is 109 cm³/mol. The van der Waals surface area contributed by atoms with Crippen molar-refractivity contribution in [3.05, 3.63) is 72.1 Å². The molecule has 26 heavy (non-hydrogen) atoms. The molecule has 0 spiro atoms. The molecule has 0 saturated carbocycles. The van der Waals surface area contributed by atoms with Gasteiger partial charge in [0.15, 0.2) is 11.6 Å². The highest BCUT2D eigenvalue weighted by molar-refractivity contribution is 5.77. The first kappa shape index (κ1) is 17.7. The first-order chi connectivity index (χ1) is 12.5. The van der Waals surface area contributed by atoms with E-state index < -0.39 is 0 Å². The van der Waals surface area contributed by atoms with Crippen LogP contribution in [-0.2, 0) is 0 Å². The molecular formula is C21H25N5. The molecule has 134 valence electrons. The van der Waals surface area contributed by atoms with Gasteiger partial charge in [0.05, 0.1) is 6.04 Å². The van der Waals surface area contributed by atoms with Crippen LogP contribution in [0, 0.1) is 0 Å². The van der Waals surface area contributed by atoms with Crippen molar-refractivity contribution in [1.29, 1.82) is 0 Å². The highest BCUT2D eigenvalue weighted by atomic mass is 15.1. The van der Waals surface area contributed by atoms with E-state index in [1.54, 1.807) is 0 Å². The molecule has 0 fully saturated rings. The van der Waals surface area contributed by atoms with Gasteiger partial charge in [-0.15, -0.1) is 0 Å². The van der Waals surface area contributed by atoms with Gasteiger partial charge < -0.3 is 16.4 Å². The molecule has 0 radical (unpaired) electrons. The van der Waals surface area contributed by atoms with Crippen LogP contribution in [0.4, 0.5) is 23.0 Å². The third-order valence-corrected chi connectivity index (χ3v) is 4.38. The van der Waals surface area contributed by atoms with E-state index in [1.807, 2.05) is 30.3 Å². The Bertz CT molecular complexity index is 844. The molecule has 3 aromatic rings. The summed E-state index contributed by atoms with van der Waals surface area (Å²) in [4.78, 5) is 8.58. The minimum atomic E-state index is 0.0894. The van der Waals surface area contributed by atoms with E-state index in [1.165, 1.54) is 17.5 Å². The van der Waals surface area contributed by atoms with Crippen molar-refractivity contribution in [3.8, 4) is 0 Å². The number of nitrogens with one attached hydrogen (secondary N) is 2. The summed E-state index contributed by atoms with van der Waals surface area (Å²) in [6, 6.07) is 18.6. The lowest BCUT2D eigenvalue weighted by molar-refractivity contribution is 0.867. The number of benzene rings is 2. The molecule has 0 aliphatic carbocycles. The molecule has 2 aromatic carbocycles. The lowest BCUT2D eigenvalue weighted by atomic mass is 10.0. The number of aromatic nitrogens is 2. The highest BCUT2D eigenvalue weighted by Crippen LogP contribution is 2.29. The van der Waals surface area contributed by atoms with Gasteiger partial charge in [-0.25, -0.2) is 9.97 Å². The number of hydrogen-bond donors (Lipinski definition) is 3. The van der Waals surface area contributed by atoms with Crippen LogP contribution in [0.15, 0.2) is 60.9 Å². The van der Waals surface area contributed by atoms with Gasteiger partial charge in [-0.2, -0.15) is 0 Å². The maximum absolute atomic E-state index is 6.29. The van der Waals surface area contributed by atoms with Gasteiger partial charge in [0.25, 0.3) is 0 Å². The Kier molecular flexibility index (Phi) is 5.37. The molecule has 5 nitrogen and oxygen atoms in total. The van der Waals surface area contributed by atoms with E-state index in [0.29, 0.717) is 23.2 Å². The van der Waals surface area contributed by atoms with Crippen LogP contribution in [-0.4, -0.2) is 9.97 Å². The monoisotopic (exact) mass is 347 g/mol. The number of nitrogens with zero attached hydrogens (tertiary/aromatic N) is 2.